The van der Waals surface area contributed by atoms with Gasteiger partial charge in [0.05, 0.1) is 11.6 Å². The van der Waals surface area contributed by atoms with Gasteiger partial charge in [0, 0.05) is 23.0 Å². The minimum absolute atomic E-state index is 0.500. The molecule has 2 aromatic heterocycles. The van der Waals surface area contributed by atoms with Gasteiger partial charge in [0.25, 0.3) is 0 Å². The van der Waals surface area contributed by atoms with E-state index < -0.39 is 0 Å². The van der Waals surface area contributed by atoms with Crippen LogP contribution in [0.4, 0.5) is 5.69 Å². The first-order valence-corrected chi connectivity index (χ1v) is 5.70. The smallest absolute Gasteiger partial charge is 0.131 e. The molecule has 0 atom stereocenters. The zero-order valence-corrected chi connectivity index (χ0v) is 9.77. The van der Waals surface area contributed by atoms with Crippen LogP contribution in [0.25, 0.3) is 0 Å². The quantitative estimate of drug-likeness (QED) is 0.837. The summed E-state index contributed by atoms with van der Waals surface area (Å²) in [6.45, 7) is 2.77. The van der Waals surface area contributed by atoms with E-state index in [-0.39, 0.29) is 0 Å². The van der Waals surface area contributed by atoms with Crippen molar-refractivity contribution in [3.8, 4) is 0 Å². The molecule has 0 spiro atoms. The fraction of sp³-hybridized carbons (Fsp3) is 0.200. The van der Waals surface area contributed by atoms with E-state index in [4.69, 9.17) is 11.6 Å². The van der Waals surface area contributed by atoms with Crippen LogP contribution in [0.15, 0.2) is 24.5 Å². The van der Waals surface area contributed by atoms with Crippen molar-refractivity contribution in [2.45, 2.75) is 13.5 Å². The lowest BCUT2D eigenvalue weighted by molar-refractivity contribution is 1.16. The maximum atomic E-state index is 5.77. The van der Waals surface area contributed by atoms with Crippen LogP contribution in [0.3, 0.4) is 0 Å². The van der Waals surface area contributed by atoms with E-state index in [9.17, 15) is 0 Å². The van der Waals surface area contributed by atoms with Crippen molar-refractivity contribution in [1.82, 2.24) is 9.97 Å². The Morgan fingerprint density at radius 1 is 1.47 bits per heavy atom. The van der Waals surface area contributed by atoms with E-state index >= 15 is 0 Å². The number of rotatable bonds is 3. The van der Waals surface area contributed by atoms with Gasteiger partial charge in [-0.2, -0.15) is 0 Å². The van der Waals surface area contributed by atoms with Gasteiger partial charge in [0.2, 0.25) is 0 Å². The van der Waals surface area contributed by atoms with Crippen LogP contribution >= 0.6 is 22.9 Å². The van der Waals surface area contributed by atoms with Gasteiger partial charge in [-0.15, -0.1) is 11.3 Å². The first-order chi connectivity index (χ1) is 7.24. The number of thiazole rings is 1. The van der Waals surface area contributed by atoms with Gasteiger partial charge >= 0.3 is 0 Å². The minimum atomic E-state index is 0.500. The second kappa shape index (κ2) is 4.59. The van der Waals surface area contributed by atoms with Crippen molar-refractivity contribution in [1.29, 1.82) is 0 Å². The van der Waals surface area contributed by atoms with Gasteiger partial charge in [-0.3, -0.25) is 0 Å². The highest BCUT2D eigenvalue weighted by atomic mass is 35.5. The maximum absolute atomic E-state index is 5.77. The Labute approximate surface area is 97.2 Å². The summed E-state index contributed by atoms with van der Waals surface area (Å²) < 4.78 is 0. The Hall–Kier alpha value is -1.13. The molecule has 0 bridgehead atoms. The van der Waals surface area contributed by atoms with Crippen molar-refractivity contribution in [3.05, 3.63) is 39.6 Å². The maximum Gasteiger partial charge on any atom is 0.131 e. The first-order valence-electron chi connectivity index (χ1n) is 4.51. The van der Waals surface area contributed by atoms with E-state index in [1.165, 1.54) is 4.88 Å². The van der Waals surface area contributed by atoms with Crippen molar-refractivity contribution in [2.24, 2.45) is 0 Å². The normalized spacial score (nSPS) is 10.3. The SMILES string of the molecule is Cc1ncc(CNc2ccnc(Cl)c2)s1. The third-order valence-corrected chi connectivity index (χ3v) is 2.98. The van der Waals surface area contributed by atoms with E-state index in [0.717, 1.165) is 17.2 Å². The molecule has 15 heavy (non-hydrogen) atoms. The Kier molecular flexibility index (Phi) is 3.18. The summed E-state index contributed by atoms with van der Waals surface area (Å²) in [5.41, 5.74) is 0.973. The zero-order valence-electron chi connectivity index (χ0n) is 8.20. The summed E-state index contributed by atoms with van der Waals surface area (Å²) in [4.78, 5) is 9.31. The molecule has 2 rings (SSSR count). The number of hydrogen-bond donors (Lipinski definition) is 1. The Morgan fingerprint density at radius 3 is 3.00 bits per heavy atom. The molecular weight excluding hydrogens is 230 g/mol. The molecule has 0 aliphatic rings. The van der Waals surface area contributed by atoms with Crippen LogP contribution in [0.1, 0.15) is 9.88 Å². The summed E-state index contributed by atoms with van der Waals surface area (Å²) in [5, 5.41) is 4.84. The predicted octanol–water partition coefficient (Wildman–Crippen LogP) is 3.11. The summed E-state index contributed by atoms with van der Waals surface area (Å²) in [6, 6.07) is 3.69. The molecule has 78 valence electrons. The number of hydrogen-bond acceptors (Lipinski definition) is 4. The fourth-order valence-electron chi connectivity index (χ4n) is 1.19. The Balaban J connectivity index is 1.99. The molecule has 0 aromatic carbocycles. The molecule has 0 saturated carbocycles. The highest BCUT2D eigenvalue weighted by Crippen LogP contribution is 2.16. The summed E-state index contributed by atoms with van der Waals surface area (Å²) in [6.07, 6.45) is 3.57. The standard InChI is InChI=1S/C10H10ClN3S/c1-7-13-5-9(15-7)6-14-8-2-3-12-10(11)4-8/h2-5H,6H2,1H3,(H,12,14). The monoisotopic (exact) mass is 239 g/mol. The van der Waals surface area contributed by atoms with Gasteiger partial charge in [0.15, 0.2) is 0 Å². The number of pyridine rings is 1. The van der Waals surface area contributed by atoms with Crippen molar-refractivity contribution in [3.63, 3.8) is 0 Å². The molecular formula is C10H10ClN3S. The highest BCUT2D eigenvalue weighted by molar-refractivity contribution is 7.11. The zero-order chi connectivity index (χ0) is 10.7. The molecule has 0 fully saturated rings. The molecule has 2 heterocycles. The average Bonchev–Trinajstić information content (AvgIpc) is 2.62. The summed E-state index contributed by atoms with van der Waals surface area (Å²) in [5.74, 6) is 0. The van der Waals surface area contributed by atoms with E-state index in [1.807, 2.05) is 19.2 Å². The van der Waals surface area contributed by atoms with Crippen LogP contribution in [0.2, 0.25) is 5.15 Å². The van der Waals surface area contributed by atoms with Crippen LogP contribution in [0.5, 0.6) is 0 Å². The Bertz CT molecular complexity index is 455. The number of nitrogens with one attached hydrogen (secondary N) is 1. The van der Waals surface area contributed by atoms with Crippen molar-refractivity contribution in [2.75, 3.05) is 5.32 Å². The molecule has 0 aliphatic carbocycles. The molecule has 0 amide bonds. The highest BCUT2D eigenvalue weighted by Gasteiger charge is 1.98. The largest absolute Gasteiger partial charge is 0.380 e. The predicted molar refractivity (Wildman–Crippen MR) is 63.4 cm³/mol. The fourth-order valence-corrected chi connectivity index (χ4v) is 2.10. The van der Waals surface area contributed by atoms with Gasteiger partial charge in [-0.25, -0.2) is 9.97 Å². The number of aryl methyl sites for hydroxylation is 1. The number of halogens is 1. The average molecular weight is 240 g/mol. The van der Waals surface area contributed by atoms with Gasteiger partial charge in [-0.1, -0.05) is 11.6 Å². The third kappa shape index (κ3) is 2.91. The second-order valence-electron chi connectivity index (χ2n) is 3.07. The van der Waals surface area contributed by atoms with Gasteiger partial charge in [-0.05, 0) is 19.1 Å². The van der Waals surface area contributed by atoms with E-state index in [1.54, 1.807) is 23.6 Å². The second-order valence-corrected chi connectivity index (χ2v) is 4.77. The molecule has 1 N–H and O–H groups in total. The number of nitrogens with zero attached hydrogens (tertiary/aromatic N) is 2. The molecule has 5 heteroatoms. The molecule has 0 saturated heterocycles. The van der Waals surface area contributed by atoms with Crippen LogP contribution < -0.4 is 5.32 Å². The third-order valence-electron chi connectivity index (χ3n) is 1.86. The van der Waals surface area contributed by atoms with Crippen molar-refractivity contribution < 1.29 is 0 Å². The van der Waals surface area contributed by atoms with E-state index in [2.05, 4.69) is 15.3 Å². The first kappa shape index (κ1) is 10.4. The summed E-state index contributed by atoms with van der Waals surface area (Å²) in [7, 11) is 0. The van der Waals surface area contributed by atoms with Crippen LogP contribution in [-0.4, -0.2) is 9.97 Å². The molecule has 0 unspecified atom stereocenters. The Morgan fingerprint density at radius 2 is 2.33 bits per heavy atom. The lowest BCUT2D eigenvalue weighted by Gasteiger charge is -2.03. The van der Waals surface area contributed by atoms with Gasteiger partial charge < -0.3 is 5.32 Å². The molecule has 3 nitrogen and oxygen atoms in total. The van der Waals surface area contributed by atoms with Gasteiger partial charge in [0.1, 0.15) is 5.15 Å². The van der Waals surface area contributed by atoms with Crippen molar-refractivity contribution >= 4 is 28.6 Å². The topological polar surface area (TPSA) is 37.8 Å². The minimum Gasteiger partial charge on any atom is -0.380 e. The molecule has 0 aliphatic heterocycles. The van der Waals surface area contributed by atoms with Crippen LogP contribution in [-0.2, 0) is 6.54 Å². The van der Waals surface area contributed by atoms with Crippen LogP contribution in [0, 0.1) is 6.92 Å². The van der Waals surface area contributed by atoms with E-state index in [0.29, 0.717) is 5.15 Å². The molecule has 0 radical (unpaired) electrons. The molecule has 2 aromatic rings. The lowest BCUT2D eigenvalue weighted by Crippen LogP contribution is -1.97. The number of aromatic nitrogens is 2. The lowest BCUT2D eigenvalue weighted by atomic mass is 10.4. The summed E-state index contributed by atoms with van der Waals surface area (Å²) >= 11 is 7.46. The number of anilines is 1.